The quantitative estimate of drug-likeness (QED) is 0.274. The molecule has 11 heteroatoms. The van der Waals surface area contributed by atoms with Crippen LogP contribution in [0.15, 0.2) is 54.7 Å². The first-order valence-electron chi connectivity index (χ1n) is 12.3. The van der Waals surface area contributed by atoms with Crippen LogP contribution < -0.4 is 10.1 Å². The van der Waals surface area contributed by atoms with E-state index in [0.717, 1.165) is 25.0 Å². The zero-order chi connectivity index (χ0) is 28.1. The number of pyridine rings is 1. The number of carboxylic acids is 1. The summed E-state index contributed by atoms with van der Waals surface area (Å²) in [6.45, 7) is -3.18. The van der Waals surface area contributed by atoms with Crippen molar-refractivity contribution >= 4 is 29.2 Å². The molecule has 1 fully saturated rings. The van der Waals surface area contributed by atoms with Crippen LogP contribution in [-0.2, 0) is 4.79 Å². The summed E-state index contributed by atoms with van der Waals surface area (Å²) in [5.41, 5.74) is 0.719. The first kappa shape index (κ1) is 28.4. The maximum absolute atomic E-state index is 14.8. The van der Waals surface area contributed by atoms with Gasteiger partial charge in [-0.3, -0.25) is 9.78 Å². The van der Waals surface area contributed by atoms with Crippen molar-refractivity contribution < 1.29 is 37.7 Å². The van der Waals surface area contributed by atoms with E-state index in [1.807, 2.05) is 0 Å². The number of aliphatic hydroxyl groups excluding tert-OH is 1. The van der Waals surface area contributed by atoms with E-state index in [1.54, 1.807) is 0 Å². The zero-order valence-corrected chi connectivity index (χ0v) is 21.4. The number of nitrogens with zero attached hydrogens (tertiary/aromatic N) is 1. The summed E-state index contributed by atoms with van der Waals surface area (Å²) in [6.07, 6.45) is 4.07. The summed E-state index contributed by atoms with van der Waals surface area (Å²) < 4.78 is 45.1. The van der Waals surface area contributed by atoms with Crippen molar-refractivity contribution in [3.8, 4) is 16.9 Å². The molecule has 7 nitrogen and oxygen atoms in total. The van der Waals surface area contributed by atoms with Crippen LogP contribution in [0.5, 0.6) is 5.75 Å². The molecule has 0 saturated heterocycles. The number of amides is 1. The molecule has 1 heterocycles. The van der Waals surface area contributed by atoms with Crippen molar-refractivity contribution in [3.05, 3.63) is 76.8 Å². The fraction of sp³-hybridized carbons (Fsp3) is 0.321. The highest BCUT2D eigenvalue weighted by Crippen LogP contribution is 2.38. The van der Waals surface area contributed by atoms with Gasteiger partial charge >= 0.3 is 12.6 Å². The molecule has 1 amide bonds. The Kier molecular flexibility index (Phi) is 9.08. The first-order valence-corrected chi connectivity index (χ1v) is 12.7. The lowest BCUT2D eigenvalue weighted by molar-refractivity contribution is -0.118. The highest BCUT2D eigenvalue weighted by Gasteiger charge is 2.29. The molecule has 1 aliphatic rings. The average molecular weight is 563 g/mol. The molecule has 39 heavy (non-hydrogen) atoms. The van der Waals surface area contributed by atoms with Crippen molar-refractivity contribution in [1.29, 1.82) is 0 Å². The number of nitrogens with one attached hydrogen (secondary N) is 1. The molecule has 1 aromatic heterocycles. The standard InChI is InChI=1S/C28H26ClF3N2O5/c29-21-10-12-23(39-28(31)32)24(25(21)30)17-5-11-22(33-14-17)20(13-15-1-8-19(35)9-2-15)26(36)34-18-6-3-16(4-7-18)27(37)38/h3-7,10-12,14-15,19-20,28,35H,1-2,8-9,13H2,(H,34,36)(H,37,38). The van der Waals surface area contributed by atoms with E-state index in [4.69, 9.17) is 16.7 Å². The first-order chi connectivity index (χ1) is 18.6. The molecular formula is C28H26ClF3N2O5. The molecule has 4 rings (SSSR count). The third kappa shape index (κ3) is 7.07. The third-order valence-corrected chi connectivity index (χ3v) is 7.10. The Morgan fingerprint density at radius 1 is 1.05 bits per heavy atom. The van der Waals surface area contributed by atoms with Crippen LogP contribution >= 0.6 is 11.6 Å². The van der Waals surface area contributed by atoms with Crippen LogP contribution in [0.3, 0.4) is 0 Å². The summed E-state index contributed by atoms with van der Waals surface area (Å²) in [6, 6.07) is 11.0. The summed E-state index contributed by atoms with van der Waals surface area (Å²) >= 11 is 5.88. The molecule has 1 unspecified atom stereocenters. The van der Waals surface area contributed by atoms with Gasteiger partial charge in [0, 0.05) is 17.4 Å². The molecule has 0 bridgehead atoms. The van der Waals surface area contributed by atoms with E-state index in [2.05, 4.69) is 15.0 Å². The number of hydrogen-bond acceptors (Lipinski definition) is 5. The number of anilines is 1. The molecule has 206 valence electrons. The molecular weight excluding hydrogens is 537 g/mol. The number of carbonyl (C=O) groups excluding carboxylic acids is 1. The van der Waals surface area contributed by atoms with E-state index in [1.165, 1.54) is 42.6 Å². The number of benzene rings is 2. The van der Waals surface area contributed by atoms with Gasteiger partial charge in [0.1, 0.15) is 5.75 Å². The molecule has 1 aliphatic carbocycles. The van der Waals surface area contributed by atoms with Gasteiger partial charge in [-0.05, 0) is 80.5 Å². The molecule has 0 aliphatic heterocycles. The number of rotatable bonds is 9. The van der Waals surface area contributed by atoms with E-state index < -0.39 is 30.1 Å². The Balaban J connectivity index is 1.62. The number of hydrogen-bond donors (Lipinski definition) is 3. The fourth-order valence-electron chi connectivity index (χ4n) is 4.76. The number of ether oxygens (including phenoxy) is 1. The van der Waals surface area contributed by atoms with Gasteiger partial charge in [-0.25, -0.2) is 9.18 Å². The Bertz CT molecular complexity index is 1310. The van der Waals surface area contributed by atoms with Crippen molar-refractivity contribution in [2.24, 2.45) is 5.92 Å². The van der Waals surface area contributed by atoms with Crippen LogP contribution in [-0.4, -0.2) is 39.8 Å². The summed E-state index contributed by atoms with van der Waals surface area (Å²) in [5.74, 6) is -3.38. The number of alkyl halides is 2. The van der Waals surface area contributed by atoms with Crippen molar-refractivity contribution in [2.75, 3.05) is 5.32 Å². The number of halogens is 4. The van der Waals surface area contributed by atoms with Crippen LogP contribution in [0.1, 0.15) is 54.1 Å². The van der Waals surface area contributed by atoms with E-state index in [9.17, 15) is 27.9 Å². The molecule has 3 N–H and O–H groups in total. The molecule has 3 aromatic rings. The second-order valence-electron chi connectivity index (χ2n) is 9.42. The minimum atomic E-state index is -3.18. The lowest BCUT2D eigenvalue weighted by Gasteiger charge is -2.28. The van der Waals surface area contributed by atoms with Crippen molar-refractivity contribution in [2.45, 2.75) is 50.7 Å². The van der Waals surface area contributed by atoms with Crippen LogP contribution in [0.4, 0.5) is 18.9 Å². The van der Waals surface area contributed by atoms with Gasteiger partial charge in [0.25, 0.3) is 0 Å². The van der Waals surface area contributed by atoms with Gasteiger partial charge in [0.05, 0.1) is 33.9 Å². The van der Waals surface area contributed by atoms with Gasteiger partial charge in [-0.15, -0.1) is 0 Å². The van der Waals surface area contributed by atoms with E-state index >= 15 is 0 Å². The molecule has 1 atom stereocenters. The second kappa shape index (κ2) is 12.5. The van der Waals surface area contributed by atoms with Gasteiger partial charge in [-0.1, -0.05) is 17.7 Å². The number of carbonyl (C=O) groups is 2. The predicted molar refractivity (Wildman–Crippen MR) is 139 cm³/mol. The second-order valence-corrected chi connectivity index (χ2v) is 9.83. The number of aromatic carboxylic acids is 1. The maximum atomic E-state index is 14.8. The van der Waals surface area contributed by atoms with Crippen LogP contribution in [0.2, 0.25) is 5.02 Å². The number of aliphatic hydroxyl groups is 1. The van der Waals surface area contributed by atoms with Gasteiger partial charge in [0.2, 0.25) is 5.91 Å². The van der Waals surface area contributed by atoms with Gasteiger partial charge < -0.3 is 20.3 Å². The largest absolute Gasteiger partial charge is 0.478 e. The SMILES string of the molecule is O=C(O)c1ccc(NC(=O)C(CC2CCC(O)CC2)c2ccc(-c3c(OC(F)F)ccc(Cl)c3F)cn2)cc1. The summed E-state index contributed by atoms with van der Waals surface area (Å²) in [7, 11) is 0. The Hall–Kier alpha value is -3.63. The smallest absolute Gasteiger partial charge is 0.387 e. The lowest BCUT2D eigenvalue weighted by Crippen LogP contribution is -2.26. The minimum absolute atomic E-state index is 0.0750. The molecule has 1 saturated carbocycles. The van der Waals surface area contributed by atoms with Gasteiger partial charge in [-0.2, -0.15) is 8.78 Å². The van der Waals surface area contributed by atoms with Crippen molar-refractivity contribution in [3.63, 3.8) is 0 Å². The minimum Gasteiger partial charge on any atom is -0.478 e. The molecule has 2 aromatic carbocycles. The Labute approximate surface area is 227 Å². The average Bonchev–Trinajstić information content (AvgIpc) is 2.91. The summed E-state index contributed by atoms with van der Waals surface area (Å²) in [5, 5.41) is 21.5. The number of aromatic nitrogens is 1. The van der Waals surface area contributed by atoms with Crippen molar-refractivity contribution in [1.82, 2.24) is 4.98 Å². The monoisotopic (exact) mass is 562 g/mol. The topological polar surface area (TPSA) is 109 Å². The van der Waals surface area contributed by atoms with E-state index in [0.29, 0.717) is 30.6 Å². The zero-order valence-electron chi connectivity index (χ0n) is 20.6. The number of carboxylic acid groups (broad SMARTS) is 1. The van der Waals surface area contributed by atoms with E-state index in [-0.39, 0.29) is 39.6 Å². The maximum Gasteiger partial charge on any atom is 0.387 e. The molecule has 0 radical (unpaired) electrons. The fourth-order valence-corrected chi connectivity index (χ4v) is 4.91. The Morgan fingerprint density at radius 3 is 2.33 bits per heavy atom. The normalized spacial score (nSPS) is 18.0. The Morgan fingerprint density at radius 2 is 1.74 bits per heavy atom. The third-order valence-electron chi connectivity index (χ3n) is 6.81. The lowest BCUT2D eigenvalue weighted by atomic mass is 9.80. The molecule has 0 spiro atoms. The predicted octanol–water partition coefficient (Wildman–Crippen LogP) is 6.50. The van der Waals surface area contributed by atoms with Crippen LogP contribution in [0, 0.1) is 11.7 Å². The summed E-state index contributed by atoms with van der Waals surface area (Å²) in [4.78, 5) is 28.9. The highest BCUT2D eigenvalue weighted by molar-refractivity contribution is 6.31. The highest BCUT2D eigenvalue weighted by atomic mass is 35.5. The van der Waals surface area contributed by atoms with Crippen LogP contribution in [0.25, 0.3) is 11.1 Å². The van der Waals surface area contributed by atoms with Gasteiger partial charge in [0.15, 0.2) is 5.82 Å².